The van der Waals surface area contributed by atoms with Crippen molar-refractivity contribution in [1.82, 2.24) is 10.2 Å². The van der Waals surface area contributed by atoms with Gasteiger partial charge in [-0.05, 0) is 24.6 Å². The number of hydrogen-bond acceptors (Lipinski definition) is 3. The Kier molecular flexibility index (Phi) is 3.22. The number of aromatic nitrogens is 2. The molecule has 0 aliphatic heterocycles. The zero-order valence-electron chi connectivity index (χ0n) is 9.20. The van der Waals surface area contributed by atoms with Crippen molar-refractivity contribution in [1.29, 1.82) is 0 Å². The van der Waals surface area contributed by atoms with Gasteiger partial charge in [-0.1, -0.05) is 12.1 Å². The van der Waals surface area contributed by atoms with Crippen LogP contribution in [0.15, 0.2) is 30.5 Å². The van der Waals surface area contributed by atoms with Crippen LogP contribution < -0.4 is 5.32 Å². The van der Waals surface area contributed by atoms with Crippen molar-refractivity contribution in [3.8, 4) is 0 Å². The van der Waals surface area contributed by atoms with E-state index < -0.39 is 0 Å². The minimum atomic E-state index is 0.0844. The lowest BCUT2D eigenvalue weighted by molar-refractivity contribution is 0.282. The van der Waals surface area contributed by atoms with Gasteiger partial charge in [-0.3, -0.25) is 5.10 Å². The Hall–Kier alpha value is -1.81. The van der Waals surface area contributed by atoms with Crippen LogP contribution in [0.2, 0.25) is 0 Å². The molecule has 16 heavy (non-hydrogen) atoms. The second kappa shape index (κ2) is 4.81. The molecule has 0 aliphatic rings. The fraction of sp³-hybridized carbons (Fsp3) is 0.250. The first kappa shape index (κ1) is 10.7. The zero-order chi connectivity index (χ0) is 11.4. The monoisotopic (exact) mass is 217 g/mol. The normalized spacial score (nSPS) is 10.4. The molecule has 0 fully saturated rings. The van der Waals surface area contributed by atoms with E-state index >= 15 is 0 Å². The van der Waals surface area contributed by atoms with E-state index in [4.69, 9.17) is 5.11 Å². The maximum Gasteiger partial charge on any atom is 0.0681 e. The van der Waals surface area contributed by atoms with Gasteiger partial charge < -0.3 is 10.4 Å². The van der Waals surface area contributed by atoms with Crippen molar-refractivity contribution in [2.45, 2.75) is 20.1 Å². The van der Waals surface area contributed by atoms with Gasteiger partial charge in [0.05, 0.1) is 12.8 Å². The molecule has 0 unspecified atom stereocenters. The van der Waals surface area contributed by atoms with Crippen LogP contribution in [0, 0.1) is 6.92 Å². The summed E-state index contributed by atoms with van der Waals surface area (Å²) in [5.74, 6) is 0. The number of anilines is 1. The molecule has 0 aliphatic carbocycles. The number of aliphatic hydroxyl groups excluding tert-OH is 1. The highest BCUT2D eigenvalue weighted by atomic mass is 16.3. The van der Waals surface area contributed by atoms with Crippen LogP contribution in [0.4, 0.5) is 5.69 Å². The molecule has 84 valence electrons. The molecule has 0 spiro atoms. The largest absolute Gasteiger partial charge is 0.392 e. The summed E-state index contributed by atoms with van der Waals surface area (Å²) >= 11 is 0. The lowest BCUT2D eigenvalue weighted by Gasteiger charge is -2.06. The Morgan fingerprint density at radius 1 is 1.31 bits per heavy atom. The van der Waals surface area contributed by atoms with Gasteiger partial charge >= 0.3 is 0 Å². The Balaban J connectivity index is 1.97. The van der Waals surface area contributed by atoms with Crippen molar-refractivity contribution in [3.63, 3.8) is 0 Å². The summed E-state index contributed by atoms with van der Waals surface area (Å²) in [7, 11) is 0. The predicted octanol–water partition coefficient (Wildman–Crippen LogP) is 1.82. The molecule has 4 heteroatoms. The van der Waals surface area contributed by atoms with Crippen molar-refractivity contribution < 1.29 is 5.11 Å². The van der Waals surface area contributed by atoms with Gasteiger partial charge in [0.15, 0.2) is 0 Å². The number of nitrogens with zero attached hydrogens (tertiary/aromatic N) is 1. The van der Waals surface area contributed by atoms with Crippen molar-refractivity contribution in [2.75, 3.05) is 5.32 Å². The highest BCUT2D eigenvalue weighted by molar-refractivity contribution is 5.45. The van der Waals surface area contributed by atoms with E-state index in [0.717, 1.165) is 29.1 Å². The fourth-order valence-electron chi connectivity index (χ4n) is 1.48. The van der Waals surface area contributed by atoms with Gasteiger partial charge in [-0.2, -0.15) is 5.10 Å². The van der Waals surface area contributed by atoms with Crippen LogP contribution >= 0.6 is 0 Å². The highest BCUT2D eigenvalue weighted by Gasteiger charge is 1.99. The van der Waals surface area contributed by atoms with E-state index in [1.807, 2.05) is 37.4 Å². The van der Waals surface area contributed by atoms with Gasteiger partial charge in [0.25, 0.3) is 0 Å². The standard InChI is InChI=1S/C12H15N3O/c1-9-11(7-14-15-9)6-13-12-4-2-10(8-16)3-5-12/h2-5,7,13,16H,6,8H2,1H3,(H,14,15). The molecule has 2 aromatic rings. The average Bonchev–Trinajstić information content (AvgIpc) is 2.73. The number of benzene rings is 1. The lowest BCUT2D eigenvalue weighted by Crippen LogP contribution is -1.99. The maximum absolute atomic E-state index is 8.91. The Morgan fingerprint density at radius 3 is 2.62 bits per heavy atom. The molecule has 1 heterocycles. The zero-order valence-corrected chi connectivity index (χ0v) is 9.20. The van der Waals surface area contributed by atoms with Gasteiger partial charge in [-0.25, -0.2) is 0 Å². The quantitative estimate of drug-likeness (QED) is 0.732. The second-order valence-electron chi connectivity index (χ2n) is 3.73. The molecule has 0 radical (unpaired) electrons. The minimum Gasteiger partial charge on any atom is -0.392 e. The molecule has 1 aromatic heterocycles. The van der Waals surface area contributed by atoms with Crippen LogP contribution in [-0.2, 0) is 13.2 Å². The third kappa shape index (κ3) is 2.41. The lowest BCUT2D eigenvalue weighted by atomic mass is 10.2. The average molecular weight is 217 g/mol. The van der Waals surface area contributed by atoms with Crippen LogP contribution in [0.3, 0.4) is 0 Å². The number of aromatic amines is 1. The van der Waals surface area contributed by atoms with E-state index in [9.17, 15) is 0 Å². The van der Waals surface area contributed by atoms with E-state index in [2.05, 4.69) is 15.5 Å². The summed E-state index contributed by atoms with van der Waals surface area (Å²) in [5.41, 5.74) is 4.20. The number of aliphatic hydroxyl groups is 1. The van der Waals surface area contributed by atoms with Crippen LogP contribution in [0.1, 0.15) is 16.8 Å². The maximum atomic E-state index is 8.91. The van der Waals surface area contributed by atoms with Gasteiger partial charge in [0.1, 0.15) is 0 Å². The number of rotatable bonds is 4. The third-order valence-electron chi connectivity index (χ3n) is 2.55. The van der Waals surface area contributed by atoms with Gasteiger partial charge in [-0.15, -0.1) is 0 Å². The molecular formula is C12H15N3O. The summed E-state index contributed by atoms with van der Waals surface area (Å²) in [6.45, 7) is 2.83. The van der Waals surface area contributed by atoms with E-state index in [-0.39, 0.29) is 6.61 Å². The topological polar surface area (TPSA) is 60.9 Å². The Bertz CT molecular complexity index is 448. The summed E-state index contributed by atoms with van der Waals surface area (Å²) < 4.78 is 0. The van der Waals surface area contributed by atoms with Gasteiger partial charge in [0.2, 0.25) is 0 Å². The molecule has 3 N–H and O–H groups in total. The summed E-state index contributed by atoms with van der Waals surface area (Å²) in [4.78, 5) is 0. The molecule has 2 rings (SSSR count). The number of H-pyrrole nitrogens is 1. The molecule has 4 nitrogen and oxygen atoms in total. The molecule has 0 saturated carbocycles. The van der Waals surface area contributed by atoms with Crippen LogP contribution in [0.5, 0.6) is 0 Å². The minimum absolute atomic E-state index is 0.0844. The first-order valence-electron chi connectivity index (χ1n) is 5.22. The van der Waals surface area contributed by atoms with Crippen molar-refractivity contribution in [3.05, 3.63) is 47.3 Å². The number of hydrogen-bond donors (Lipinski definition) is 3. The Morgan fingerprint density at radius 2 is 2.06 bits per heavy atom. The number of aryl methyl sites for hydroxylation is 1. The van der Waals surface area contributed by atoms with Crippen molar-refractivity contribution >= 4 is 5.69 Å². The summed E-state index contributed by atoms with van der Waals surface area (Å²) in [6.07, 6.45) is 1.82. The second-order valence-corrected chi connectivity index (χ2v) is 3.73. The molecule has 0 amide bonds. The molecule has 0 saturated heterocycles. The molecular weight excluding hydrogens is 202 g/mol. The Labute approximate surface area is 94.3 Å². The molecule has 0 atom stereocenters. The van der Waals surface area contributed by atoms with Crippen molar-refractivity contribution in [2.24, 2.45) is 0 Å². The third-order valence-corrected chi connectivity index (χ3v) is 2.55. The van der Waals surface area contributed by atoms with E-state index in [1.54, 1.807) is 0 Å². The summed E-state index contributed by atoms with van der Waals surface area (Å²) in [5, 5.41) is 19.1. The van der Waals surface area contributed by atoms with E-state index in [1.165, 1.54) is 0 Å². The number of nitrogens with one attached hydrogen (secondary N) is 2. The first-order chi connectivity index (χ1) is 7.79. The molecule has 0 bridgehead atoms. The smallest absolute Gasteiger partial charge is 0.0681 e. The SMILES string of the molecule is Cc1[nH]ncc1CNc1ccc(CO)cc1. The van der Waals surface area contributed by atoms with Gasteiger partial charge in [0, 0.05) is 23.5 Å². The fourth-order valence-corrected chi connectivity index (χ4v) is 1.48. The van der Waals surface area contributed by atoms with Crippen LogP contribution in [-0.4, -0.2) is 15.3 Å². The predicted molar refractivity (Wildman–Crippen MR) is 63.0 cm³/mol. The highest BCUT2D eigenvalue weighted by Crippen LogP contribution is 2.11. The molecule has 1 aromatic carbocycles. The van der Waals surface area contributed by atoms with E-state index in [0.29, 0.717) is 0 Å². The first-order valence-corrected chi connectivity index (χ1v) is 5.22. The summed E-state index contributed by atoms with van der Waals surface area (Å²) in [6, 6.07) is 7.73. The van der Waals surface area contributed by atoms with Crippen LogP contribution in [0.25, 0.3) is 0 Å².